The molecule has 1 N–H and O–H groups in total. The molecule has 1 aliphatic heterocycles. The Hall–Kier alpha value is -3.34. The molecule has 2 aromatic rings. The Balaban J connectivity index is 1.65. The third-order valence-electron chi connectivity index (χ3n) is 5.96. The average molecular weight is 432 g/mol. The van der Waals surface area contributed by atoms with Crippen LogP contribution in [0, 0.1) is 0 Å². The SMILES string of the molecule is CCOc1cccc(C2C(C(=O)OCCc3ccccc3)=C(C)NC3=C2C(=O)CCC3)c1. The fraction of sp³-hybridized carbons (Fsp3) is 0.333. The van der Waals surface area contributed by atoms with Crippen molar-refractivity contribution in [2.75, 3.05) is 13.2 Å². The molecular weight excluding hydrogens is 402 g/mol. The van der Waals surface area contributed by atoms with Gasteiger partial charge in [0.25, 0.3) is 0 Å². The first-order valence-electron chi connectivity index (χ1n) is 11.3. The summed E-state index contributed by atoms with van der Waals surface area (Å²) in [5.74, 6) is -0.0256. The Morgan fingerprint density at radius 3 is 2.69 bits per heavy atom. The Bertz CT molecular complexity index is 1070. The minimum absolute atomic E-state index is 0.0904. The van der Waals surface area contributed by atoms with Crippen molar-refractivity contribution in [3.63, 3.8) is 0 Å². The molecule has 1 heterocycles. The van der Waals surface area contributed by atoms with Gasteiger partial charge in [0.15, 0.2) is 5.78 Å². The van der Waals surface area contributed by atoms with Gasteiger partial charge >= 0.3 is 5.97 Å². The summed E-state index contributed by atoms with van der Waals surface area (Å²) in [4.78, 5) is 26.3. The summed E-state index contributed by atoms with van der Waals surface area (Å²) in [5, 5.41) is 3.33. The van der Waals surface area contributed by atoms with Crippen LogP contribution in [-0.2, 0) is 20.7 Å². The van der Waals surface area contributed by atoms with Crippen molar-refractivity contribution >= 4 is 11.8 Å². The molecule has 0 spiro atoms. The van der Waals surface area contributed by atoms with E-state index in [-0.39, 0.29) is 18.4 Å². The lowest BCUT2D eigenvalue weighted by atomic mass is 9.75. The summed E-state index contributed by atoms with van der Waals surface area (Å²) in [6, 6.07) is 17.6. The Kier molecular flexibility index (Phi) is 6.74. The van der Waals surface area contributed by atoms with Crippen molar-refractivity contribution in [1.82, 2.24) is 5.32 Å². The maximum atomic E-state index is 13.3. The summed E-state index contributed by atoms with van der Waals surface area (Å²) >= 11 is 0. The second-order valence-electron chi connectivity index (χ2n) is 8.14. The standard InChI is InChI=1S/C27H29NO4/c1-3-31-21-12-7-11-20(17-21)25-24(18(2)28-22-13-8-14-23(29)26(22)25)27(30)32-16-15-19-9-5-4-6-10-19/h4-7,9-12,17,25,28H,3,8,13-16H2,1-2H3. The molecular formula is C27H29NO4. The molecule has 32 heavy (non-hydrogen) atoms. The van der Waals surface area contributed by atoms with Gasteiger partial charge in [-0.05, 0) is 49.9 Å². The number of ketones is 1. The monoisotopic (exact) mass is 431 g/mol. The predicted molar refractivity (Wildman–Crippen MR) is 123 cm³/mol. The number of Topliss-reactive ketones (excluding diaryl/α,β-unsaturated/α-hetero) is 1. The third-order valence-corrected chi connectivity index (χ3v) is 5.96. The highest BCUT2D eigenvalue weighted by molar-refractivity contribution is 6.03. The van der Waals surface area contributed by atoms with Crippen LogP contribution in [-0.4, -0.2) is 25.0 Å². The normalized spacial score (nSPS) is 18.2. The van der Waals surface area contributed by atoms with Crippen LogP contribution >= 0.6 is 0 Å². The van der Waals surface area contributed by atoms with E-state index in [2.05, 4.69) is 5.32 Å². The average Bonchev–Trinajstić information content (AvgIpc) is 2.79. The van der Waals surface area contributed by atoms with Gasteiger partial charge in [-0.3, -0.25) is 4.79 Å². The summed E-state index contributed by atoms with van der Waals surface area (Å²) in [7, 11) is 0. The number of nitrogens with one attached hydrogen (secondary N) is 1. The molecule has 5 nitrogen and oxygen atoms in total. The summed E-state index contributed by atoms with van der Waals surface area (Å²) in [5.41, 5.74) is 4.84. The second kappa shape index (κ2) is 9.86. The quantitative estimate of drug-likeness (QED) is 0.636. The van der Waals surface area contributed by atoms with Crippen LogP contribution in [0.3, 0.4) is 0 Å². The lowest BCUT2D eigenvalue weighted by Gasteiger charge is -2.34. The van der Waals surface area contributed by atoms with Gasteiger partial charge in [-0.2, -0.15) is 0 Å². The fourth-order valence-corrected chi connectivity index (χ4v) is 4.52. The van der Waals surface area contributed by atoms with E-state index in [1.165, 1.54) is 0 Å². The highest BCUT2D eigenvalue weighted by atomic mass is 16.5. The van der Waals surface area contributed by atoms with E-state index in [9.17, 15) is 9.59 Å². The Labute approximate surface area is 189 Å². The number of hydrogen-bond acceptors (Lipinski definition) is 5. The number of dihydropyridines is 1. The van der Waals surface area contributed by atoms with Crippen molar-refractivity contribution in [3.05, 3.63) is 88.3 Å². The minimum atomic E-state index is -0.455. The molecule has 0 amide bonds. The second-order valence-corrected chi connectivity index (χ2v) is 8.14. The van der Waals surface area contributed by atoms with Gasteiger partial charge in [0, 0.05) is 35.7 Å². The lowest BCUT2D eigenvalue weighted by Crippen LogP contribution is -2.34. The van der Waals surface area contributed by atoms with E-state index in [1.807, 2.05) is 68.4 Å². The predicted octanol–water partition coefficient (Wildman–Crippen LogP) is 4.84. The fourth-order valence-electron chi connectivity index (χ4n) is 4.52. The van der Waals surface area contributed by atoms with Crippen LogP contribution in [0.1, 0.15) is 50.2 Å². The zero-order chi connectivity index (χ0) is 22.5. The van der Waals surface area contributed by atoms with E-state index < -0.39 is 5.92 Å². The van der Waals surface area contributed by atoms with E-state index in [0.29, 0.717) is 30.6 Å². The molecule has 0 bridgehead atoms. The molecule has 1 aliphatic carbocycles. The van der Waals surface area contributed by atoms with Crippen molar-refractivity contribution in [1.29, 1.82) is 0 Å². The summed E-state index contributed by atoms with van der Waals surface area (Å²) in [6.07, 6.45) is 2.76. The number of rotatable bonds is 7. The topological polar surface area (TPSA) is 64.6 Å². The van der Waals surface area contributed by atoms with Gasteiger partial charge in [0.2, 0.25) is 0 Å². The number of benzene rings is 2. The van der Waals surface area contributed by atoms with Crippen molar-refractivity contribution in [2.45, 2.75) is 45.4 Å². The van der Waals surface area contributed by atoms with Crippen molar-refractivity contribution in [2.24, 2.45) is 0 Å². The molecule has 1 atom stereocenters. The van der Waals surface area contributed by atoms with Gasteiger partial charge in [0.05, 0.1) is 18.8 Å². The van der Waals surface area contributed by atoms with E-state index in [1.54, 1.807) is 0 Å². The van der Waals surface area contributed by atoms with Crippen LogP contribution in [0.25, 0.3) is 0 Å². The molecule has 4 rings (SSSR count). The van der Waals surface area contributed by atoms with Crippen molar-refractivity contribution in [3.8, 4) is 5.75 Å². The first-order valence-corrected chi connectivity index (χ1v) is 11.3. The lowest BCUT2D eigenvalue weighted by molar-refractivity contribution is -0.139. The molecule has 5 heteroatoms. The zero-order valence-electron chi connectivity index (χ0n) is 18.6. The first-order chi connectivity index (χ1) is 15.6. The Morgan fingerprint density at radius 2 is 1.91 bits per heavy atom. The van der Waals surface area contributed by atoms with Crippen LogP contribution in [0.4, 0.5) is 0 Å². The largest absolute Gasteiger partial charge is 0.494 e. The van der Waals surface area contributed by atoms with Gasteiger partial charge in [0.1, 0.15) is 5.75 Å². The molecule has 166 valence electrons. The van der Waals surface area contributed by atoms with Crippen LogP contribution in [0.5, 0.6) is 5.75 Å². The van der Waals surface area contributed by atoms with E-state index in [0.717, 1.165) is 41.1 Å². The molecule has 0 radical (unpaired) electrons. The molecule has 2 aliphatic rings. The molecule has 0 saturated carbocycles. The maximum Gasteiger partial charge on any atom is 0.336 e. The number of esters is 1. The highest BCUT2D eigenvalue weighted by Gasteiger charge is 2.39. The highest BCUT2D eigenvalue weighted by Crippen LogP contribution is 2.43. The van der Waals surface area contributed by atoms with Crippen molar-refractivity contribution < 1.29 is 19.1 Å². The molecule has 1 unspecified atom stereocenters. The Morgan fingerprint density at radius 1 is 1.09 bits per heavy atom. The molecule has 2 aromatic carbocycles. The van der Waals surface area contributed by atoms with Crippen LogP contribution < -0.4 is 10.1 Å². The molecule has 0 fully saturated rings. The maximum absolute atomic E-state index is 13.3. The van der Waals surface area contributed by atoms with Gasteiger partial charge in [-0.25, -0.2) is 4.79 Å². The van der Waals surface area contributed by atoms with Crippen LogP contribution in [0.15, 0.2) is 77.1 Å². The van der Waals surface area contributed by atoms with Gasteiger partial charge in [-0.1, -0.05) is 42.5 Å². The van der Waals surface area contributed by atoms with E-state index in [4.69, 9.17) is 9.47 Å². The van der Waals surface area contributed by atoms with Gasteiger partial charge < -0.3 is 14.8 Å². The minimum Gasteiger partial charge on any atom is -0.494 e. The van der Waals surface area contributed by atoms with E-state index >= 15 is 0 Å². The number of ether oxygens (including phenoxy) is 2. The summed E-state index contributed by atoms with van der Waals surface area (Å²) < 4.78 is 11.4. The third kappa shape index (κ3) is 4.62. The number of carbonyl (C=O) groups is 2. The number of hydrogen-bond donors (Lipinski definition) is 1. The zero-order valence-corrected chi connectivity index (χ0v) is 18.6. The summed E-state index contributed by atoms with van der Waals surface area (Å²) in [6.45, 7) is 4.65. The number of allylic oxidation sites excluding steroid dienone is 3. The first kappa shape index (κ1) is 21.9. The molecule has 0 aromatic heterocycles. The van der Waals surface area contributed by atoms with Crippen LogP contribution in [0.2, 0.25) is 0 Å². The number of carbonyl (C=O) groups excluding carboxylic acids is 2. The smallest absolute Gasteiger partial charge is 0.336 e. The molecule has 0 saturated heterocycles. The van der Waals surface area contributed by atoms with Gasteiger partial charge in [-0.15, -0.1) is 0 Å².